The summed E-state index contributed by atoms with van der Waals surface area (Å²) < 4.78 is 4.85. The van der Waals surface area contributed by atoms with E-state index in [1.807, 2.05) is 17.5 Å². The molecule has 1 aliphatic rings. The second kappa shape index (κ2) is 7.92. The molecule has 0 radical (unpaired) electrons. The van der Waals surface area contributed by atoms with Crippen molar-refractivity contribution in [2.75, 3.05) is 19.7 Å². The topological polar surface area (TPSA) is 92.8 Å². The van der Waals surface area contributed by atoms with Crippen molar-refractivity contribution in [3.05, 3.63) is 57.8 Å². The van der Waals surface area contributed by atoms with Gasteiger partial charge in [0, 0.05) is 11.4 Å². The molecule has 3 amide bonds. The molecule has 0 bridgehead atoms. The third-order valence-corrected chi connectivity index (χ3v) is 4.74. The Kier molecular flexibility index (Phi) is 5.43. The van der Waals surface area contributed by atoms with Gasteiger partial charge in [0.1, 0.15) is 6.54 Å². The summed E-state index contributed by atoms with van der Waals surface area (Å²) >= 11 is 1.60. The number of nitrogens with zero attached hydrogens (tertiary/aromatic N) is 1. The number of hydrogen-bond donors (Lipinski definition) is 1. The number of carbonyl (C=O) groups excluding carboxylic acids is 4. The zero-order chi connectivity index (χ0) is 18.5. The van der Waals surface area contributed by atoms with E-state index in [9.17, 15) is 19.2 Å². The van der Waals surface area contributed by atoms with Crippen LogP contribution in [0, 0.1) is 0 Å². The molecule has 2 heterocycles. The smallest absolute Gasteiger partial charge is 0.326 e. The first kappa shape index (κ1) is 17.8. The van der Waals surface area contributed by atoms with Crippen LogP contribution in [0.4, 0.5) is 0 Å². The van der Waals surface area contributed by atoms with Crippen LogP contribution in [0.25, 0.3) is 0 Å². The second-order valence-electron chi connectivity index (χ2n) is 5.58. The second-order valence-corrected chi connectivity index (χ2v) is 6.61. The van der Waals surface area contributed by atoms with E-state index in [1.54, 1.807) is 23.5 Å². The lowest BCUT2D eigenvalue weighted by atomic mass is 10.1. The zero-order valence-corrected chi connectivity index (χ0v) is 14.6. The molecule has 0 saturated heterocycles. The van der Waals surface area contributed by atoms with Gasteiger partial charge in [0.05, 0.1) is 11.1 Å². The van der Waals surface area contributed by atoms with E-state index in [1.165, 1.54) is 12.1 Å². The van der Waals surface area contributed by atoms with Gasteiger partial charge in [-0.05, 0) is 30.0 Å². The quantitative estimate of drug-likeness (QED) is 0.583. The fourth-order valence-electron chi connectivity index (χ4n) is 2.53. The lowest BCUT2D eigenvalue weighted by Crippen LogP contribution is -2.37. The van der Waals surface area contributed by atoms with Crippen molar-refractivity contribution in [3.8, 4) is 0 Å². The molecule has 8 heteroatoms. The molecule has 0 spiro atoms. The van der Waals surface area contributed by atoms with Crippen LogP contribution in [0.5, 0.6) is 0 Å². The van der Waals surface area contributed by atoms with Crippen molar-refractivity contribution < 1.29 is 23.9 Å². The van der Waals surface area contributed by atoms with Gasteiger partial charge < -0.3 is 10.1 Å². The number of imide groups is 1. The molecule has 0 atom stereocenters. The number of fused-ring (bicyclic) bond motifs is 1. The molecule has 1 aromatic heterocycles. The monoisotopic (exact) mass is 372 g/mol. The maximum absolute atomic E-state index is 12.2. The number of thiophene rings is 1. The summed E-state index contributed by atoms with van der Waals surface area (Å²) in [6.45, 7) is -0.531. The van der Waals surface area contributed by atoms with Crippen molar-refractivity contribution in [3.63, 3.8) is 0 Å². The number of benzene rings is 1. The first-order valence-corrected chi connectivity index (χ1v) is 8.84. The average molecular weight is 372 g/mol. The van der Waals surface area contributed by atoms with Crippen LogP contribution in [0.15, 0.2) is 41.8 Å². The molecular weight excluding hydrogens is 356 g/mol. The van der Waals surface area contributed by atoms with Crippen LogP contribution in [0.1, 0.15) is 25.6 Å². The fourth-order valence-corrected chi connectivity index (χ4v) is 3.24. The van der Waals surface area contributed by atoms with Gasteiger partial charge >= 0.3 is 5.97 Å². The lowest BCUT2D eigenvalue weighted by Gasteiger charge is -2.13. The lowest BCUT2D eigenvalue weighted by molar-refractivity contribution is -0.148. The largest absolute Gasteiger partial charge is 0.454 e. The summed E-state index contributed by atoms with van der Waals surface area (Å²) in [6.07, 6.45) is 0.701. The van der Waals surface area contributed by atoms with Gasteiger partial charge in [0.15, 0.2) is 6.61 Å². The van der Waals surface area contributed by atoms with E-state index < -0.39 is 36.8 Å². The number of esters is 1. The van der Waals surface area contributed by atoms with Crippen molar-refractivity contribution in [2.45, 2.75) is 6.42 Å². The fraction of sp³-hybridized carbons (Fsp3) is 0.222. The van der Waals surface area contributed by atoms with Crippen molar-refractivity contribution in [1.29, 1.82) is 0 Å². The first-order valence-electron chi connectivity index (χ1n) is 7.96. The van der Waals surface area contributed by atoms with E-state index in [0.29, 0.717) is 13.0 Å². The minimum absolute atomic E-state index is 0.261. The van der Waals surface area contributed by atoms with Gasteiger partial charge in [0.2, 0.25) is 0 Å². The normalized spacial score (nSPS) is 12.8. The van der Waals surface area contributed by atoms with Gasteiger partial charge in [-0.3, -0.25) is 24.1 Å². The van der Waals surface area contributed by atoms with E-state index in [4.69, 9.17) is 4.74 Å². The molecule has 3 rings (SSSR count). The highest BCUT2D eigenvalue weighted by Crippen LogP contribution is 2.22. The van der Waals surface area contributed by atoms with Crippen LogP contribution in [-0.2, 0) is 20.7 Å². The summed E-state index contributed by atoms with van der Waals surface area (Å²) in [5, 5.41) is 4.60. The van der Waals surface area contributed by atoms with Crippen LogP contribution >= 0.6 is 11.3 Å². The van der Waals surface area contributed by atoms with Gasteiger partial charge in [-0.15, -0.1) is 11.3 Å². The number of ether oxygens (including phenoxy) is 1. The maximum Gasteiger partial charge on any atom is 0.326 e. The molecule has 2 aromatic rings. The number of carbonyl (C=O) groups is 4. The Morgan fingerprint density at radius 1 is 1.04 bits per heavy atom. The van der Waals surface area contributed by atoms with Crippen molar-refractivity contribution >= 4 is 35.0 Å². The van der Waals surface area contributed by atoms with E-state index >= 15 is 0 Å². The minimum Gasteiger partial charge on any atom is -0.454 e. The molecular formula is C18H16N2O5S. The number of rotatable bonds is 7. The number of amides is 3. The molecule has 7 nitrogen and oxygen atoms in total. The van der Waals surface area contributed by atoms with Crippen molar-refractivity contribution in [2.24, 2.45) is 0 Å². The average Bonchev–Trinajstić information content (AvgIpc) is 3.24. The van der Waals surface area contributed by atoms with Crippen LogP contribution < -0.4 is 5.32 Å². The summed E-state index contributed by atoms with van der Waals surface area (Å²) in [5.41, 5.74) is 0.522. The Hall–Kier alpha value is -3.00. The Morgan fingerprint density at radius 2 is 1.73 bits per heavy atom. The standard InChI is InChI=1S/C18H16N2O5S/c21-15(19-8-7-12-4-3-9-26-12)11-25-16(22)10-20-17(23)13-5-1-2-6-14(13)18(20)24/h1-6,9H,7-8,10-11H2,(H,19,21). The van der Waals surface area contributed by atoms with Gasteiger partial charge in [0.25, 0.3) is 17.7 Å². The molecule has 1 N–H and O–H groups in total. The summed E-state index contributed by atoms with van der Waals surface area (Å²) in [7, 11) is 0. The Balaban J connectivity index is 1.42. The molecule has 134 valence electrons. The first-order chi connectivity index (χ1) is 12.6. The summed E-state index contributed by atoms with van der Waals surface area (Å²) in [5.74, 6) is -2.32. The van der Waals surface area contributed by atoms with Crippen molar-refractivity contribution in [1.82, 2.24) is 10.2 Å². The Morgan fingerprint density at radius 3 is 2.35 bits per heavy atom. The van der Waals surface area contributed by atoms with E-state index in [2.05, 4.69) is 5.32 Å². The van der Waals surface area contributed by atoms with Crippen LogP contribution in [0.3, 0.4) is 0 Å². The zero-order valence-electron chi connectivity index (χ0n) is 13.8. The SMILES string of the molecule is O=C(COC(=O)CN1C(=O)c2ccccc2C1=O)NCCc1cccs1. The van der Waals surface area contributed by atoms with Gasteiger partial charge in [-0.2, -0.15) is 0 Å². The predicted octanol–water partition coefficient (Wildman–Crippen LogP) is 1.25. The maximum atomic E-state index is 12.2. The Bertz CT molecular complexity index is 812. The highest BCUT2D eigenvalue weighted by Gasteiger charge is 2.36. The molecule has 1 aromatic carbocycles. The third kappa shape index (κ3) is 3.97. The Labute approximate surface area is 153 Å². The summed E-state index contributed by atoms with van der Waals surface area (Å²) in [4.78, 5) is 49.8. The molecule has 0 aliphatic carbocycles. The number of nitrogens with one attached hydrogen (secondary N) is 1. The molecule has 0 saturated carbocycles. The summed E-state index contributed by atoms with van der Waals surface area (Å²) in [6, 6.07) is 10.3. The minimum atomic E-state index is -0.812. The number of hydrogen-bond acceptors (Lipinski definition) is 6. The molecule has 26 heavy (non-hydrogen) atoms. The van der Waals surface area contributed by atoms with Crippen LogP contribution in [-0.4, -0.2) is 48.3 Å². The molecule has 1 aliphatic heterocycles. The molecule has 0 unspecified atom stereocenters. The van der Waals surface area contributed by atoms with Crippen LogP contribution in [0.2, 0.25) is 0 Å². The van der Waals surface area contributed by atoms with Gasteiger partial charge in [-0.1, -0.05) is 18.2 Å². The highest BCUT2D eigenvalue weighted by molar-refractivity contribution is 7.09. The van der Waals surface area contributed by atoms with E-state index in [0.717, 1.165) is 9.78 Å². The van der Waals surface area contributed by atoms with Gasteiger partial charge in [-0.25, -0.2) is 0 Å². The molecule has 0 fully saturated rings. The third-order valence-electron chi connectivity index (χ3n) is 3.80. The van der Waals surface area contributed by atoms with E-state index in [-0.39, 0.29) is 11.1 Å². The predicted molar refractivity (Wildman–Crippen MR) is 93.8 cm³/mol. The highest BCUT2D eigenvalue weighted by atomic mass is 32.1.